The lowest BCUT2D eigenvalue weighted by molar-refractivity contribution is 1.37. The fourth-order valence-corrected chi connectivity index (χ4v) is 3.60. The van der Waals surface area contributed by atoms with Gasteiger partial charge in [-0.3, -0.25) is 0 Å². The van der Waals surface area contributed by atoms with E-state index in [0.717, 1.165) is 11.1 Å². The maximum atomic E-state index is 5.96. The summed E-state index contributed by atoms with van der Waals surface area (Å²) in [7, 11) is -1.20. The second-order valence-corrected chi connectivity index (χ2v) is 6.21. The van der Waals surface area contributed by atoms with Gasteiger partial charge in [-0.1, -0.05) is 28.9 Å². The van der Waals surface area contributed by atoms with Gasteiger partial charge in [0, 0.05) is 0 Å². The molecule has 1 aromatic heterocycles. The van der Waals surface area contributed by atoms with Gasteiger partial charge >= 0.3 is 0 Å². The maximum Gasteiger partial charge on any atom is 0.173 e. The fourth-order valence-electron chi connectivity index (χ4n) is 0.804. The zero-order valence-electron chi connectivity index (χ0n) is 6.21. The van der Waals surface area contributed by atoms with Crippen molar-refractivity contribution in [3.63, 3.8) is 0 Å². The highest BCUT2D eigenvalue weighted by molar-refractivity contribution is 7.06. The molecule has 0 N–H and O–H groups in total. The van der Waals surface area contributed by atoms with Crippen molar-refractivity contribution in [1.82, 2.24) is 0 Å². The molecule has 0 bridgehead atoms. The topological polar surface area (TPSA) is 0 Å². The van der Waals surface area contributed by atoms with Crippen LogP contribution in [0.2, 0.25) is 9.66 Å². The Morgan fingerprint density at radius 3 is 2.36 bits per heavy atom. The Balaban J connectivity index is 3.46. The normalized spacial score (nSPS) is 10.3. The summed E-state index contributed by atoms with van der Waals surface area (Å²) in [6.07, 6.45) is 0. The van der Waals surface area contributed by atoms with Gasteiger partial charge in [-0.2, -0.15) is 0 Å². The molecule has 0 saturated heterocycles. The molecule has 11 heavy (non-hydrogen) atoms. The number of hydrogen-bond donors (Lipinski definition) is 0. The zero-order valence-corrected chi connectivity index (χ0v) is 9.48. The van der Waals surface area contributed by atoms with Crippen LogP contribution >= 0.6 is 34.3 Å². The number of halogens is 3. The van der Waals surface area contributed by atoms with Gasteiger partial charge in [0.2, 0.25) is 0 Å². The van der Waals surface area contributed by atoms with Crippen LogP contribution in [0.15, 0.2) is 5.68 Å². The largest absolute Gasteiger partial charge is 0.173 e. The van der Waals surface area contributed by atoms with E-state index in [-0.39, 0.29) is 0 Å². The molecule has 60 valence electrons. The van der Waals surface area contributed by atoms with Gasteiger partial charge in [-0.25, -0.2) is 0 Å². The standard InChI is InChI=1S/C7H7Cl3Si/c1-4-3-11(10)7(9)6(8)5(4)2/h3H,1-2H3. The molecule has 0 fully saturated rings. The van der Waals surface area contributed by atoms with E-state index >= 15 is 0 Å². The molecule has 1 heterocycles. The molecule has 0 aromatic carbocycles. The predicted octanol–water partition coefficient (Wildman–Crippen LogP) is 3.64. The highest BCUT2D eigenvalue weighted by Crippen LogP contribution is 2.27. The van der Waals surface area contributed by atoms with E-state index in [1.807, 2.05) is 19.5 Å². The van der Waals surface area contributed by atoms with Crippen molar-refractivity contribution < 1.29 is 0 Å². The molecule has 0 radical (unpaired) electrons. The molecular weight excluding hydrogens is 219 g/mol. The monoisotopic (exact) mass is 224 g/mol. The van der Waals surface area contributed by atoms with Crippen molar-refractivity contribution >= 4 is 42.0 Å². The third-order valence-corrected chi connectivity index (χ3v) is 5.73. The molecule has 0 aliphatic carbocycles. The van der Waals surface area contributed by atoms with Gasteiger partial charge in [0.15, 0.2) is 7.71 Å². The summed E-state index contributed by atoms with van der Waals surface area (Å²) in [5.41, 5.74) is 4.17. The first-order chi connectivity index (χ1) is 5.04. The first kappa shape index (κ1) is 9.52. The number of aryl methyl sites for hydroxylation is 1. The molecule has 0 spiro atoms. The SMILES string of the molecule is Cc1c[si](Cl)c(Cl)c(Cl)c1C. The lowest BCUT2D eigenvalue weighted by Crippen LogP contribution is -1.93. The predicted molar refractivity (Wildman–Crippen MR) is 53.1 cm³/mol. The van der Waals surface area contributed by atoms with Crippen LogP contribution in [0.5, 0.6) is 0 Å². The first-order valence-electron chi connectivity index (χ1n) is 3.14. The Morgan fingerprint density at radius 2 is 1.82 bits per heavy atom. The van der Waals surface area contributed by atoms with Gasteiger partial charge in [-0.15, -0.1) is 11.1 Å². The van der Waals surface area contributed by atoms with Crippen LogP contribution in [-0.4, -0.2) is 7.71 Å². The lowest BCUT2D eigenvalue weighted by atomic mass is 10.2. The average molecular weight is 226 g/mol. The van der Waals surface area contributed by atoms with E-state index in [2.05, 4.69) is 0 Å². The van der Waals surface area contributed by atoms with E-state index in [1.165, 1.54) is 0 Å². The number of rotatable bonds is 0. The Hall–Kier alpha value is 0.437. The van der Waals surface area contributed by atoms with Crippen molar-refractivity contribution in [2.45, 2.75) is 13.8 Å². The summed E-state index contributed by atoms with van der Waals surface area (Å²) in [5.74, 6) is 0. The van der Waals surface area contributed by atoms with Crippen LogP contribution < -0.4 is 0 Å². The Labute approximate surface area is 82.3 Å². The third kappa shape index (κ3) is 1.78. The summed E-state index contributed by atoms with van der Waals surface area (Å²) in [6.45, 7) is 3.94. The summed E-state index contributed by atoms with van der Waals surface area (Å²) in [5, 5.41) is 0.635. The highest BCUT2D eigenvalue weighted by atomic mass is 35.6. The first-order valence-corrected chi connectivity index (χ1v) is 6.49. The molecule has 0 nitrogen and oxygen atoms in total. The lowest BCUT2D eigenvalue weighted by Gasteiger charge is -2.05. The van der Waals surface area contributed by atoms with Crippen LogP contribution in [0.1, 0.15) is 11.1 Å². The Bertz CT molecular complexity index is 270. The van der Waals surface area contributed by atoms with Crippen molar-refractivity contribution in [3.05, 3.63) is 26.5 Å². The van der Waals surface area contributed by atoms with Crippen molar-refractivity contribution in [1.29, 1.82) is 0 Å². The van der Waals surface area contributed by atoms with Crippen molar-refractivity contribution in [2.75, 3.05) is 0 Å². The third-order valence-electron chi connectivity index (χ3n) is 1.67. The van der Waals surface area contributed by atoms with E-state index in [1.54, 1.807) is 0 Å². The smallest absolute Gasteiger partial charge is 0.132 e. The molecule has 0 aliphatic rings. The van der Waals surface area contributed by atoms with E-state index in [0.29, 0.717) is 9.66 Å². The Kier molecular flexibility index (Phi) is 2.98. The van der Waals surface area contributed by atoms with Gasteiger partial charge < -0.3 is 0 Å². The van der Waals surface area contributed by atoms with E-state index in [4.69, 9.17) is 34.3 Å². The molecule has 0 unspecified atom stereocenters. The van der Waals surface area contributed by atoms with E-state index < -0.39 is 7.71 Å². The number of hydrogen-bond acceptors (Lipinski definition) is 0. The molecule has 0 aliphatic heterocycles. The molecule has 1 rings (SSSR count). The minimum Gasteiger partial charge on any atom is -0.132 e. The van der Waals surface area contributed by atoms with Crippen LogP contribution in [0, 0.1) is 13.8 Å². The van der Waals surface area contributed by atoms with Crippen LogP contribution in [0.25, 0.3) is 0 Å². The molecule has 0 atom stereocenters. The van der Waals surface area contributed by atoms with Crippen LogP contribution in [0.4, 0.5) is 0 Å². The fraction of sp³-hybridized carbons (Fsp3) is 0.286. The minimum absolute atomic E-state index is 0.626. The maximum absolute atomic E-state index is 5.96. The Morgan fingerprint density at radius 1 is 1.27 bits per heavy atom. The molecule has 0 saturated carbocycles. The van der Waals surface area contributed by atoms with Crippen molar-refractivity contribution in [3.8, 4) is 0 Å². The van der Waals surface area contributed by atoms with Crippen LogP contribution in [-0.2, 0) is 0 Å². The van der Waals surface area contributed by atoms with Gasteiger partial charge in [-0.05, 0) is 25.0 Å². The molecule has 1 aromatic rings. The molecule has 0 amide bonds. The van der Waals surface area contributed by atoms with Gasteiger partial charge in [0.25, 0.3) is 0 Å². The summed E-state index contributed by atoms with van der Waals surface area (Å²) >= 11 is 17.8. The van der Waals surface area contributed by atoms with Gasteiger partial charge in [0.1, 0.15) is 0 Å². The quantitative estimate of drug-likeness (QED) is 0.467. The second kappa shape index (κ2) is 3.44. The van der Waals surface area contributed by atoms with Crippen molar-refractivity contribution in [2.24, 2.45) is 0 Å². The zero-order chi connectivity index (χ0) is 8.59. The van der Waals surface area contributed by atoms with Gasteiger partial charge in [0.05, 0.1) is 9.66 Å². The highest BCUT2D eigenvalue weighted by Gasteiger charge is 2.08. The molecule has 4 heteroatoms. The second-order valence-electron chi connectivity index (χ2n) is 2.43. The summed E-state index contributed by atoms with van der Waals surface area (Å²) in [6, 6.07) is 0. The minimum atomic E-state index is -1.20. The average Bonchev–Trinajstić information content (AvgIpc) is 1.97. The van der Waals surface area contributed by atoms with Crippen LogP contribution in [0.3, 0.4) is 0 Å². The van der Waals surface area contributed by atoms with E-state index in [9.17, 15) is 0 Å². The molecular formula is C7H7Cl3Si. The summed E-state index contributed by atoms with van der Waals surface area (Å²) < 4.78 is 0.626. The summed E-state index contributed by atoms with van der Waals surface area (Å²) in [4.78, 5) is 0.